The Hall–Kier alpha value is -1.80. The number of hydrogen-bond donors (Lipinski definition) is 1. The summed E-state index contributed by atoms with van der Waals surface area (Å²) in [6.45, 7) is 0.794. The number of ether oxygens (including phenoxy) is 1. The van der Waals surface area contributed by atoms with Gasteiger partial charge in [-0.2, -0.15) is 0 Å². The van der Waals surface area contributed by atoms with E-state index >= 15 is 0 Å². The van der Waals surface area contributed by atoms with Gasteiger partial charge in [-0.15, -0.1) is 0 Å². The molecule has 0 amide bonds. The van der Waals surface area contributed by atoms with Crippen LogP contribution in [0, 0.1) is 5.92 Å². The highest BCUT2D eigenvalue weighted by Crippen LogP contribution is 2.39. The third-order valence-electron chi connectivity index (χ3n) is 4.68. The molecule has 2 aliphatic rings. The van der Waals surface area contributed by atoms with Gasteiger partial charge in [0, 0.05) is 12.8 Å². The molecule has 0 aromatic heterocycles. The molecular weight excluding hydrogens is 258 g/mol. The summed E-state index contributed by atoms with van der Waals surface area (Å²) in [5.74, 6) is 0.787. The Kier molecular flexibility index (Phi) is 3.19. The van der Waals surface area contributed by atoms with E-state index < -0.39 is 0 Å². The van der Waals surface area contributed by atoms with Gasteiger partial charge < -0.3 is 10.1 Å². The van der Waals surface area contributed by atoms with Crippen LogP contribution in [0.4, 0.5) is 5.69 Å². The first-order chi connectivity index (χ1) is 10.3. The Morgan fingerprint density at radius 3 is 2.71 bits per heavy atom. The van der Waals surface area contributed by atoms with Crippen molar-refractivity contribution >= 4 is 5.69 Å². The normalized spacial score (nSPS) is 17.2. The number of rotatable bonds is 5. The molecule has 2 nitrogen and oxygen atoms in total. The van der Waals surface area contributed by atoms with Crippen LogP contribution in [0.3, 0.4) is 0 Å². The van der Waals surface area contributed by atoms with Crippen molar-refractivity contribution in [3.8, 4) is 11.1 Å². The number of methoxy groups -OCH3 is 1. The summed E-state index contributed by atoms with van der Waals surface area (Å²) < 4.78 is 5.36. The molecule has 1 fully saturated rings. The quantitative estimate of drug-likeness (QED) is 0.759. The average Bonchev–Trinajstić information content (AvgIpc) is 3.28. The van der Waals surface area contributed by atoms with Crippen LogP contribution in [0.15, 0.2) is 42.5 Å². The molecule has 0 spiro atoms. The van der Waals surface area contributed by atoms with E-state index in [9.17, 15) is 0 Å². The van der Waals surface area contributed by atoms with E-state index in [1.165, 1.54) is 40.8 Å². The fraction of sp³-hybridized carbons (Fsp3) is 0.368. The van der Waals surface area contributed by atoms with Gasteiger partial charge in [-0.1, -0.05) is 30.3 Å². The van der Waals surface area contributed by atoms with Gasteiger partial charge >= 0.3 is 0 Å². The highest BCUT2D eigenvalue weighted by Gasteiger charge is 2.31. The number of hydrogen-bond acceptors (Lipinski definition) is 2. The topological polar surface area (TPSA) is 21.3 Å². The summed E-state index contributed by atoms with van der Waals surface area (Å²) in [7, 11) is 1.79. The van der Waals surface area contributed by atoms with Crippen LogP contribution < -0.4 is 5.32 Å². The summed E-state index contributed by atoms with van der Waals surface area (Å²) in [6, 6.07) is 16.0. The molecule has 21 heavy (non-hydrogen) atoms. The molecule has 1 N–H and O–H groups in total. The van der Waals surface area contributed by atoms with E-state index in [4.69, 9.17) is 4.74 Å². The summed E-state index contributed by atoms with van der Waals surface area (Å²) in [6.07, 6.45) is 3.72. The van der Waals surface area contributed by atoms with Crippen LogP contribution in [0.1, 0.15) is 24.0 Å². The fourth-order valence-electron chi connectivity index (χ4n) is 3.42. The lowest BCUT2D eigenvalue weighted by molar-refractivity contribution is 0.179. The molecular formula is C19H21NO. The highest BCUT2D eigenvalue weighted by atomic mass is 16.5. The average molecular weight is 279 g/mol. The molecule has 108 valence electrons. The minimum absolute atomic E-state index is 0.455. The Morgan fingerprint density at radius 1 is 1.10 bits per heavy atom. The predicted octanol–water partition coefficient (Wildman–Crippen LogP) is 4.09. The lowest BCUT2D eigenvalue weighted by Crippen LogP contribution is -2.27. The van der Waals surface area contributed by atoms with Crippen LogP contribution in [-0.2, 0) is 11.2 Å². The van der Waals surface area contributed by atoms with Crippen molar-refractivity contribution in [2.45, 2.75) is 25.3 Å². The van der Waals surface area contributed by atoms with Crippen molar-refractivity contribution in [2.75, 3.05) is 19.0 Å². The Labute approximate surface area is 126 Å². The van der Waals surface area contributed by atoms with E-state index in [0.29, 0.717) is 6.04 Å². The van der Waals surface area contributed by atoms with Crippen LogP contribution >= 0.6 is 0 Å². The highest BCUT2D eigenvalue weighted by molar-refractivity contribution is 5.78. The van der Waals surface area contributed by atoms with E-state index in [1.54, 1.807) is 7.11 Å². The lowest BCUT2D eigenvalue weighted by atomic mass is 10.1. The zero-order valence-electron chi connectivity index (χ0n) is 12.4. The smallest absolute Gasteiger partial charge is 0.0666 e. The molecule has 2 heteroatoms. The minimum Gasteiger partial charge on any atom is -0.383 e. The molecule has 4 rings (SSSR count). The molecule has 2 aliphatic carbocycles. The van der Waals surface area contributed by atoms with Gasteiger partial charge in [0.25, 0.3) is 0 Å². The number of nitrogens with one attached hydrogen (secondary N) is 1. The second-order valence-corrected chi connectivity index (χ2v) is 6.25. The van der Waals surface area contributed by atoms with Crippen molar-refractivity contribution < 1.29 is 4.74 Å². The van der Waals surface area contributed by atoms with Crippen LogP contribution in [0.25, 0.3) is 11.1 Å². The molecule has 1 unspecified atom stereocenters. The monoisotopic (exact) mass is 279 g/mol. The van der Waals surface area contributed by atoms with E-state index in [2.05, 4.69) is 47.8 Å². The van der Waals surface area contributed by atoms with Gasteiger partial charge in [0.2, 0.25) is 0 Å². The van der Waals surface area contributed by atoms with Crippen molar-refractivity contribution in [1.29, 1.82) is 0 Å². The van der Waals surface area contributed by atoms with Gasteiger partial charge in [0.05, 0.1) is 12.6 Å². The number of fused-ring (bicyclic) bond motifs is 3. The maximum atomic E-state index is 5.36. The number of benzene rings is 2. The van der Waals surface area contributed by atoms with Crippen molar-refractivity contribution in [3.63, 3.8) is 0 Å². The van der Waals surface area contributed by atoms with E-state index in [0.717, 1.165) is 18.9 Å². The van der Waals surface area contributed by atoms with E-state index in [1.807, 2.05) is 0 Å². The first-order valence-corrected chi connectivity index (χ1v) is 7.82. The largest absolute Gasteiger partial charge is 0.383 e. The molecule has 2 aromatic carbocycles. The third-order valence-corrected chi connectivity index (χ3v) is 4.68. The van der Waals surface area contributed by atoms with Crippen molar-refractivity contribution in [1.82, 2.24) is 0 Å². The summed E-state index contributed by atoms with van der Waals surface area (Å²) >= 11 is 0. The summed E-state index contributed by atoms with van der Waals surface area (Å²) in [4.78, 5) is 0. The minimum atomic E-state index is 0.455. The molecule has 0 bridgehead atoms. The molecule has 0 radical (unpaired) electrons. The zero-order valence-corrected chi connectivity index (χ0v) is 12.4. The van der Waals surface area contributed by atoms with Crippen LogP contribution in [-0.4, -0.2) is 19.8 Å². The summed E-state index contributed by atoms with van der Waals surface area (Å²) in [5, 5.41) is 3.67. The number of anilines is 1. The predicted molar refractivity (Wildman–Crippen MR) is 86.7 cm³/mol. The first-order valence-electron chi connectivity index (χ1n) is 7.82. The van der Waals surface area contributed by atoms with E-state index in [-0.39, 0.29) is 0 Å². The first kappa shape index (κ1) is 12.9. The second kappa shape index (κ2) is 5.19. The maximum Gasteiger partial charge on any atom is 0.0666 e. The molecule has 1 saturated carbocycles. The van der Waals surface area contributed by atoms with Gasteiger partial charge in [0.15, 0.2) is 0 Å². The summed E-state index contributed by atoms with van der Waals surface area (Å²) in [5.41, 5.74) is 6.91. The maximum absolute atomic E-state index is 5.36. The van der Waals surface area contributed by atoms with Gasteiger partial charge in [-0.3, -0.25) is 0 Å². The Morgan fingerprint density at radius 2 is 1.90 bits per heavy atom. The van der Waals surface area contributed by atoms with Gasteiger partial charge in [-0.05, 0) is 59.6 Å². The standard InChI is InChI=1S/C19H21NO/c1-21-12-19(13-6-7-13)20-16-8-9-18-15(11-16)10-14-4-2-3-5-17(14)18/h2-5,8-9,11,13,19-20H,6-7,10,12H2,1H3. The lowest BCUT2D eigenvalue weighted by Gasteiger charge is -2.19. The third kappa shape index (κ3) is 2.44. The molecule has 0 heterocycles. The molecule has 0 aliphatic heterocycles. The molecule has 2 aromatic rings. The molecule has 1 atom stereocenters. The Balaban J connectivity index is 1.58. The van der Waals surface area contributed by atoms with Gasteiger partial charge in [-0.25, -0.2) is 0 Å². The zero-order chi connectivity index (χ0) is 14.2. The SMILES string of the molecule is COCC(Nc1ccc2c(c1)Cc1ccccc1-2)C1CC1. The van der Waals surface area contributed by atoms with Crippen LogP contribution in [0.5, 0.6) is 0 Å². The van der Waals surface area contributed by atoms with Crippen molar-refractivity contribution in [3.05, 3.63) is 53.6 Å². The van der Waals surface area contributed by atoms with Gasteiger partial charge in [0.1, 0.15) is 0 Å². The fourth-order valence-corrected chi connectivity index (χ4v) is 3.42. The second-order valence-electron chi connectivity index (χ2n) is 6.25. The molecule has 0 saturated heterocycles. The van der Waals surface area contributed by atoms with Crippen molar-refractivity contribution in [2.24, 2.45) is 5.92 Å². The van der Waals surface area contributed by atoms with Crippen LogP contribution in [0.2, 0.25) is 0 Å². The Bertz CT molecular complexity index is 660.